The van der Waals surface area contributed by atoms with Gasteiger partial charge in [0.05, 0.1) is 36.2 Å². The summed E-state index contributed by atoms with van der Waals surface area (Å²) in [5.41, 5.74) is 5.16. The molecule has 0 saturated carbocycles. The van der Waals surface area contributed by atoms with E-state index in [1.165, 1.54) is 60.5 Å². The minimum absolute atomic E-state index is 0.133. The number of aromatic nitrogens is 4. The van der Waals surface area contributed by atoms with Crippen molar-refractivity contribution in [2.75, 3.05) is 46.6 Å². The molecule has 2 aromatic heterocycles. The molecule has 1 atom stereocenters. The number of hydrogen-bond acceptors (Lipinski definition) is 24. The van der Waals surface area contributed by atoms with Gasteiger partial charge in [0.25, 0.3) is 41.1 Å². The predicted molar refractivity (Wildman–Crippen MR) is 268 cm³/mol. The Morgan fingerprint density at radius 3 is 1.52 bits per heavy atom. The van der Waals surface area contributed by atoms with Crippen molar-refractivity contribution in [1.29, 1.82) is 0 Å². The van der Waals surface area contributed by atoms with Gasteiger partial charge in [-0.3, -0.25) is 33.7 Å². The minimum Gasteiger partial charge on any atom is -0.497 e. The lowest BCUT2D eigenvalue weighted by Gasteiger charge is -2.56. The van der Waals surface area contributed by atoms with Crippen molar-refractivity contribution in [3.8, 4) is 22.9 Å². The summed E-state index contributed by atoms with van der Waals surface area (Å²) >= 11 is 0. The molecule has 32 heteroatoms. The Hall–Kier alpha value is -8.84. The van der Waals surface area contributed by atoms with Crippen molar-refractivity contribution in [1.82, 2.24) is 19.6 Å². The highest BCUT2D eigenvalue weighted by atomic mass is 16.8. The number of β-amino-alcohol motifs (C(OH)–C–C–N with tert-alkyl or cyclic N) is 2. The maximum atomic E-state index is 14.3. The summed E-state index contributed by atoms with van der Waals surface area (Å²) in [7, 11) is 1.39. The molecule has 1 unspecified atom stereocenters. The van der Waals surface area contributed by atoms with Crippen LogP contribution in [0.1, 0.15) is 72.3 Å². The van der Waals surface area contributed by atoms with Gasteiger partial charge in [0.15, 0.2) is 18.2 Å². The first-order valence-corrected chi connectivity index (χ1v) is 24.2. The van der Waals surface area contributed by atoms with Gasteiger partial charge in [0, 0.05) is 35.7 Å². The van der Waals surface area contributed by atoms with Crippen LogP contribution in [0.2, 0.25) is 0 Å². The normalized spacial score (nSPS) is 21.2. The fraction of sp³-hybridized carbons (Fsp3) is 0.280. The third kappa shape index (κ3) is 8.24. The number of aliphatic hydroxyl groups is 13. The smallest absolute Gasteiger partial charge is 0.316 e. The quantitative estimate of drug-likeness (QED) is 0.0482. The number of benzene rings is 4. The molecule has 0 aliphatic carbocycles. The van der Waals surface area contributed by atoms with Gasteiger partial charge in [0.2, 0.25) is 11.7 Å². The Bertz CT molecular complexity index is 3620. The second-order valence-corrected chi connectivity index (χ2v) is 19.3. The number of rotatable bonds is 13. The van der Waals surface area contributed by atoms with Gasteiger partial charge in [-0.25, -0.2) is 14.3 Å². The molecule has 430 valence electrons. The molecule has 6 heterocycles. The highest BCUT2D eigenvalue weighted by molar-refractivity contribution is 6.12. The SMILES string of the molecule is COc1ccc(-n2nc(C(N)=O)c3c2C(=O)N(c2ccc(N4C(=O)C(O)(O)C(O)(O)C(O)(OCOc5ccc(-n6nc(C(N)=O)c7c6C(=O)N(c6ccc(N8CCCCC8=O)cc6)C(O)(O)C7(O)O)cc5)C4(O)O)cc2)CC3(O)O)cc1. The van der Waals surface area contributed by atoms with Gasteiger partial charge in [-0.15, -0.1) is 0 Å². The van der Waals surface area contributed by atoms with Crippen LogP contribution in [0.4, 0.5) is 22.7 Å². The molecule has 10 rings (SSSR count). The van der Waals surface area contributed by atoms with Crippen LogP contribution in [0.15, 0.2) is 97.1 Å². The van der Waals surface area contributed by atoms with Crippen molar-refractivity contribution < 1.29 is 109 Å². The van der Waals surface area contributed by atoms with Gasteiger partial charge in [-0.05, 0) is 110 Å². The summed E-state index contributed by atoms with van der Waals surface area (Å²) in [6.45, 7) is -2.10. The van der Waals surface area contributed by atoms with Crippen LogP contribution in [0.25, 0.3) is 11.4 Å². The van der Waals surface area contributed by atoms with Crippen molar-refractivity contribution in [2.45, 2.75) is 60.0 Å². The fourth-order valence-corrected chi connectivity index (χ4v) is 10.0. The monoisotopic (exact) mass is 1140 g/mol. The Balaban J connectivity index is 0.903. The number of nitrogens with zero attached hydrogens (tertiary/aromatic N) is 8. The zero-order chi connectivity index (χ0) is 59.6. The largest absolute Gasteiger partial charge is 0.497 e. The summed E-state index contributed by atoms with van der Waals surface area (Å²) in [5.74, 6) is -36.5. The molecule has 6 amide bonds. The van der Waals surface area contributed by atoms with Gasteiger partial charge in [0.1, 0.15) is 22.9 Å². The van der Waals surface area contributed by atoms with Crippen LogP contribution < -0.4 is 40.5 Å². The third-order valence-electron chi connectivity index (χ3n) is 14.3. The zero-order valence-electron chi connectivity index (χ0n) is 42.2. The lowest BCUT2D eigenvalue weighted by molar-refractivity contribution is -0.517. The molecule has 4 aliphatic rings. The first-order valence-electron chi connectivity index (χ1n) is 24.2. The van der Waals surface area contributed by atoms with Crippen LogP contribution in [-0.2, 0) is 25.9 Å². The average Bonchev–Trinajstić information content (AvgIpc) is 2.78. The van der Waals surface area contributed by atoms with E-state index in [4.69, 9.17) is 25.7 Å². The number of methoxy groups -OCH3 is 1. The lowest BCUT2D eigenvalue weighted by atomic mass is 9.85. The number of carbonyl (C=O) groups excluding carboxylic acids is 6. The van der Waals surface area contributed by atoms with E-state index in [-0.39, 0.29) is 50.6 Å². The highest BCUT2D eigenvalue weighted by Gasteiger charge is 2.82. The van der Waals surface area contributed by atoms with E-state index in [9.17, 15) is 95.2 Å². The molecular weight excluding hydrogens is 1090 g/mol. The van der Waals surface area contributed by atoms with Crippen molar-refractivity contribution >= 4 is 58.2 Å². The maximum Gasteiger partial charge on any atom is 0.316 e. The van der Waals surface area contributed by atoms with Crippen LogP contribution in [-0.4, -0.2) is 178 Å². The van der Waals surface area contributed by atoms with E-state index in [0.29, 0.717) is 35.5 Å². The minimum atomic E-state index is -4.74. The maximum absolute atomic E-state index is 14.3. The van der Waals surface area contributed by atoms with Crippen LogP contribution >= 0.6 is 0 Å². The van der Waals surface area contributed by atoms with Crippen LogP contribution in [0.3, 0.4) is 0 Å². The number of piperidine rings is 2. The van der Waals surface area contributed by atoms with Gasteiger partial charge in [-0.1, -0.05) is 0 Å². The van der Waals surface area contributed by atoms with Gasteiger partial charge in [-0.2, -0.15) is 10.2 Å². The number of primary amides is 2. The highest BCUT2D eigenvalue weighted by Crippen LogP contribution is 2.49. The molecule has 0 radical (unpaired) electrons. The van der Waals surface area contributed by atoms with Gasteiger partial charge < -0.3 is 102 Å². The molecule has 17 N–H and O–H groups in total. The first-order chi connectivity index (χ1) is 38.3. The molecule has 0 spiro atoms. The Morgan fingerprint density at radius 1 is 0.549 bits per heavy atom. The number of anilines is 4. The lowest BCUT2D eigenvalue weighted by Crippen LogP contribution is -2.89. The molecule has 2 saturated heterocycles. The second-order valence-electron chi connectivity index (χ2n) is 19.3. The number of amides is 6. The fourth-order valence-electron chi connectivity index (χ4n) is 10.0. The standard InChI is InChI=1S/C50H48N10O22/c1-80-30-17-13-28(14-18-30)59-37-33(35(53-59)39(51)62)44(67,68)22-56(41(37)64)25-7-11-27(12-8-25)58-43(66)46(71,72)47(73,74)48(75,50(58,78)79)82-23-81-31-19-15-29(16-20-31)60-38-34(36(54-60)40(52)63)45(69,70)49(76,77)57(42(38)65)26-9-5-24(6-10-26)55-21-3-2-4-32(55)61/h5-20,67-79H,2-4,21-23H2,1H3,(H2,51,62)(H2,52,63). The first kappa shape index (κ1) is 56.4. The zero-order valence-corrected chi connectivity index (χ0v) is 42.2. The summed E-state index contributed by atoms with van der Waals surface area (Å²) in [4.78, 5) is 81.9. The molecular formula is C50H48N10O22. The number of hydrogen-bond donors (Lipinski definition) is 15. The summed E-state index contributed by atoms with van der Waals surface area (Å²) in [6.07, 6.45) is 1.66. The van der Waals surface area contributed by atoms with Crippen molar-refractivity contribution in [2.24, 2.45) is 11.5 Å². The van der Waals surface area contributed by atoms with Crippen molar-refractivity contribution in [3.05, 3.63) is 131 Å². The Kier molecular flexibility index (Phi) is 13.2. The Labute approximate surface area is 458 Å². The van der Waals surface area contributed by atoms with Crippen molar-refractivity contribution in [3.63, 3.8) is 0 Å². The number of carbonyl (C=O) groups is 6. The molecule has 4 aromatic carbocycles. The van der Waals surface area contributed by atoms with Crippen LogP contribution in [0.5, 0.6) is 11.5 Å². The summed E-state index contributed by atoms with van der Waals surface area (Å²) in [6, 6.07) is 18.7. The van der Waals surface area contributed by atoms with Gasteiger partial charge >= 0.3 is 23.4 Å². The number of fused-ring (bicyclic) bond motifs is 2. The molecule has 6 aromatic rings. The summed E-state index contributed by atoms with van der Waals surface area (Å²) in [5, 5.41) is 154. The number of nitrogens with two attached hydrogens (primary N) is 2. The topological polar surface area (TPSA) is 494 Å². The predicted octanol–water partition coefficient (Wildman–Crippen LogP) is -4.90. The second kappa shape index (κ2) is 19.1. The van der Waals surface area contributed by atoms with Crippen LogP contribution in [0, 0.1) is 0 Å². The molecule has 4 aliphatic heterocycles. The molecule has 82 heavy (non-hydrogen) atoms. The summed E-state index contributed by atoms with van der Waals surface area (Å²) < 4.78 is 17.2. The Morgan fingerprint density at radius 2 is 1.01 bits per heavy atom. The molecule has 32 nitrogen and oxygen atoms in total. The van der Waals surface area contributed by atoms with E-state index in [2.05, 4.69) is 10.2 Å². The third-order valence-corrected chi connectivity index (χ3v) is 14.3. The number of ether oxygens (including phenoxy) is 3. The van der Waals surface area contributed by atoms with E-state index in [0.717, 1.165) is 58.1 Å². The van der Waals surface area contributed by atoms with E-state index < -0.39 is 123 Å². The van der Waals surface area contributed by atoms with E-state index >= 15 is 0 Å². The van der Waals surface area contributed by atoms with E-state index in [1.54, 1.807) is 0 Å². The average molecular weight is 1140 g/mol. The molecule has 2 fully saturated rings. The molecule has 0 bridgehead atoms. The van der Waals surface area contributed by atoms with E-state index in [1.807, 2.05) is 0 Å².